The maximum Gasteiger partial charge on any atom is 0.351 e. The van der Waals surface area contributed by atoms with Gasteiger partial charge in [-0.2, -0.15) is 0 Å². The predicted molar refractivity (Wildman–Crippen MR) is 62.6 cm³/mol. The number of benzene rings is 1. The van der Waals surface area contributed by atoms with Crippen molar-refractivity contribution in [3.05, 3.63) is 45.8 Å². The molecule has 2 aromatic rings. The minimum absolute atomic E-state index is 0.165. The van der Waals surface area contributed by atoms with Crippen molar-refractivity contribution in [1.29, 1.82) is 0 Å². The molecular formula is C13H8F2O4. The van der Waals surface area contributed by atoms with Gasteiger partial charge in [-0.05, 0) is 12.1 Å². The van der Waals surface area contributed by atoms with Crippen LogP contribution in [0.1, 0.15) is 12.0 Å². The van der Waals surface area contributed by atoms with E-state index < -0.39 is 28.6 Å². The lowest BCUT2D eigenvalue weighted by Gasteiger charge is -2.08. The molecule has 0 amide bonds. The summed E-state index contributed by atoms with van der Waals surface area (Å²) in [6.07, 6.45) is 2.19. The summed E-state index contributed by atoms with van der Waals surface area (Å²) in [5.41, 5.74) is -1.62. The number of rotatable bonds is 1. The van der Waals surface area contributed by atoms with Crippen molar-refractivity contribution in [3.8, 4) is 5.75 Å². The summed E-state index contributed by atoms with van der Waals surface area (Å²) in [7, 11) is 0. The molecule has 0 bridgehead atoms. The Labute approximate surface area is 105 Å². The Balaban J connectivity index is 2.39. The highest BCUT2D eigenvalue weighted by atomic mass is 19.1. The Bertz CT molecular complexity index is 761. The largest absolute Gasteiger partial charge is 0.506 e. The molecular weight excluding hydrogens is 258 g/mol. The fourth-order valence-electron chi connectivity index (χ4n) is 2.02. The molecule has 1 aliphatic heterocycles. The van der Waals surface area contributed by atoms with E-state index in [4.69, 9.17) is 9.15 Å². The highest BCUT2D eigenvalue weighted by Gasteiger charge is 2.23. The molecule has 0 saturated carbocycles. The van der Waals surface area contributed by atoms with Crippen LogP contribution in [0.15, 0.2) is 27.4 Å². The smallest absolute Gasteiger partial charge is 0.351 e. The average Bonchev–Trinajstić information content (AvgIpc) is 2.85. The molecule has 0 unspecified atom stereocenters. The van der Waals surface area contributed by atoms with Gasteiger partial charge in [0, 0.05) is 12.5 Å². The van der Waals surface area contributed by atoms with Crippen molar-refractivity contribution in [2.24, 2.45) is 0 Å². The van der Waals surface area contributed by atoms with E-state index in [0.717, 1.165) is 6.07 Å². The van der Waals surface area contributed by atoms with Gasteiger partial charge in [-0.15, -0.1) is 0 Å². The van der Waals surface area contributed by atoms with E-state index in [1.165, 1.54) is 0 Å². The molecule has 0 aliphatic carbocycles. The van der Waals surface area contributed by atoms with Gasteiger partial charge >= 0.3 is 5.63 Å². The van der Waals surface area contributed by atoms with E-state index in [0.29, 0.717) is 19.1 Å². The Morgan fingerprint density at radius 2 is 2.05 bits per heavy atom. The summed E-state index contributed by atoms with van der Waals surface area (Å²) < 4.78 is 36.6. The van der Waals surface area contributed by atoms with Gasteiger partial charge in [0.05, 0.1) is 12.0 Å². The molecule has 3 rings (SSSR count). The lowest BCUT2D eigenvalue weighted by atomic mass is 10.1. The molecule has 4 nitrogen and oxygen atoms in total. The quantitative estimate of drug-likeness (QED) is 0.806. The normalized spacial score (nSPS) is 14.5. The van der Waals surface area contributed by atoms with Crippen molar-refractivity contribution in [2.45, 2.75) is 6.42 Å². The van der Waals surface area contributed by atoms with E-state index in [-0.39, 0.29) is 16.7 Å². The fraction of sp³-hybridized carbons (Fsp3) is 0.154. The first-order valence-corrected chi connectivity index (χ1v) is 5.56. The fourth-order valence-corrected chi connectivity index (χ4v) is 2.02. The Morgan fingerprint density at radius 1 is 1.26 bits per heavy atom. The molecule has 98 valence electrons. The van der Waals surface area contributed by atoms with Crippen molar-refractivity contribution < 1.29 is 23.0 Å². The second-order valence-corrected chi connectivity index (χ2v) is 4.08. The van der Waals surface area contributed by atoms with Crippen LogP contribution in [0.25, 0.3) is 16.7 Å². The molecule has 0 saturated heterocycles. The van der Waals surface area contributed by atoms with Crippen LogP contribution in [0.5, 0.6) is 5.75 Å². The molecule has 0 radical (unpaired) electrons. The second-order valence-electron chi connectivity index (χ2n) is 4.08. The van der Waals surface area contributed by atoms with Crippen LogP contribution in [0, 0.1) is 11.6 Å². The summed E-state index contributed by atoms with van der Waals surface area (Å²) in [6.45, 7) is 0.379. The van der Waals surface area contributed by atoms with E-state index in [2.05, 4.69) is 0 Å². The summed E-state index contributed by atoms with van der Waals surface area (Å²) >= 11 is 0. The van der Waals surface area contributed by atoms with Gasteiger partial charge in [-0.1, -0.05) is 0 Å². The second kappa shape index (κ2) is 4.08. The maximum atomic E-state index is 13.5. The summed E-state index contributed by atoms with van der Waals surface area (Å²) in [4.78, 5) is 11.8. The molecule has 2 heterocycles. The first-order valence-electron chi connectivity index (χ1n) is 5.56. The van der Waals surface area contributed by atoms with Crippen LogP contribution in [0.4, 0.5) is 8.78 Å². The van der Waals surface area contributed by atoms with Gasteiger partial charge in [0.2, 0.25) is 0 Å². The highest BCUT2D eigenvalue weighted by molar-refractivity contribution is 5.88. The van der Waals surface area contributed by atoms with Crippen LogP contribution in [0.2, 0.25) is 0 Å². The average molecular weight is 266 g/mol. The molecule has 19 heavy (non-hydrogen) atoms. The third-order valence-electron chi connectivity index (χ3n) is 2.85. The minimum atomic E-state index is -1.05. The van der Waals surface area contributed by atoms with Gasteiger partial charge < -0.3 is 14.3 Å². The molecule has 1 aromatic carbocycles. The number of hydrogen-bond acceptors (Lipinski definition) is 4. The first-order chi connectivity index (χ1) is 9.08. The molecule has 0 atom stereocenters. The van der Waals surface area contributed by atoms with E-state index in [9.17, 15) is 18.7 Å². The van der Waals surface area contributed by atoms with Crippen LogP contribution >= 0.6 is 0 Å². The third-order valence-corrected chi connectivity index (χ3v) is 2.85. The zero-order valence-electron chi connectivity index (χ0n) is 9.57. The molecule has 0 spiro atoms. The van der Waals surface area contributed by atoms with Gasteiger partial charge in [0.15, 0.2) is 11.4 Å². The monoisotopic (exact) mass is 266 g/mol. The van der Waals surface area contributed by atoms with Gasteiger partial charge in [0.25, 0.3) is 0 Å². The number of fused-ring (bicyclic) bond motifs is 1. The van der Waals surface area contributed by atoms with E-state index in [1.807, 2.05) is 0 Å². The van der Waals surface area contributed by atoms with Crippen molar-refractivity contribution >= 4 is 16.7 Å². The van der Waals surface area contributed by atoms with Gasteiger partial charge in [0.1, 0.15) is 22.9 Å². The lowest BCUT2D eigenvalue weighted by molar-refractivity contribution is 0.303. The number of ether oxygens (including phenoxy) is 1. The van der Waals surface area contributed by atoms with E-state index >= 15 is 0 Å². The van der Waals surface area contributed by atoms with Crippen molar-refractivity contribution in [3.63, 3.8) is 0 Å². The standard InChI is InChI=1S/C13H8F2O4/c14-6-4-7-11(16)10(9-2-1-3-18-9)13(17)19-12(7)8(15)5-6/h2,4-5,16H,1,3H2. The number of aromatic hydroxyl groups is 1. The minimum Gasteiger partial charge on any atom is -0.506 e. The molecule has 1 N–H and O–H groups in total. The SMILES string of the molecule is O=c1oc2c(F)cc(F)cc2c(O)c1C1=CCCO1. The Kier molecular flexibility index (Phi) is 2.51. The Hall–Kier alpha value is -2.37. The van der Waals surface area contributed by atoms with Crippen LogP contribution in [-0.2, 0) is 4.74 Å². The van der Waals surface area contributed by atoms with Crippen molar-refractivity contribution in [1.82, 2.24) is 0 Å². The first kappa shape index (κ1) is 11.7. The van der Waals surface area contributed by atoms with Crippen LogP contribution in [0.3, 0.4) is 0 Å². The lowest BCUT2D eigenvalue weighted by Crippen LogP contribution is -2.08. The zero-order chi connectivity index (χ0) is 13.6. The predicted octanol–water partition coefficient (Wildman–Crippen LogP) is 2.54. The molecule has 6 heteroatoms. The molecule has 0 fully saturated rings. The topological polar surface area (TPSA) is 59.7 Å². The Morgan fingerprint density at radius 3 is 2.74 bits per heavy atom. The van der Waals surface area contributed by atoms with Crippen LogP contribution in [-0.4, -0.2) is 11.7 Å². The van der Waals surface area contributed by atoms with Gasteiger partial charge in [-0.25, -0.2) is 13.6 Å². The van der Waals surface area contributed by atoms with Crippen LogP contribution < -0.4 is 5.63 Å². The number of hydrogen-bond donors (Lipinski definition) is 1. The highest BCUT2D eigenvalue weighted by Crippen LogP contribution is 2.34. The summed E-state index contributed by atoms with van der Waals surface area (Å²) in [5, 5.41) is 9.82. The van der Waals surface area contributed by atoms with Crippen molar-refractivity contribution in [2.75, 3.05) is 6.61 Å². The zero-order valence-corrected chi connectivity index (χ0v) is 9.57. The number of halogens is 2. The molecule has 1 aliphatic rings. The van der Waals surface area contributed by atoms with Gasteiger partial charge in [-0.3, -0.25) is 0 Å². The molecule has 1 aromatic heterocycles. The third kappa shape index (κ3) is 1.76. The summed E-state index contributed by atoms with van der Waals surface area (Å²) in [6, 6.07) is 1.48. The van der Waals surface area contributed by atoms with E-state index in [1.54, 1.807) is 6.08 Å². The summed E-state index contributed by atoms with van der Waals surface area (Å²) in [5.74, 6) is -2.30. The maximum absolute atomic E-state index is 13.5.